The molecule has 0 amide bonds. The number of halogens is 3. The molecule has 0 radical (unpaired) electrons. The van der Waals surface area contributed by atoms with Gasteiger partial charge >= 0.3 is 5.97 Å². The molecule has 0 saturated carbocycles. The van der Waals surface area contributed by atoms with Crippen molar-refractivity contribution in [1.29, 1.82) is 0 Å². The minimum Gasteiger partial charge on any atom is -0.493 e. The van der Waals surface area contributed by atoms with E-state index < -0.39 is 17.8 Å². The van der Waals surface area contributed by atoms with E-state index in [9.17, 15) is 14.0 Å². The number of ether oxygens (including phenoxy) is 3. The van der Waals surface area contributed by atoms with E-state index in [0.717, 1.165) is 5.56 Å². The summed E-state index contributed by atoms with van der Waals surface area (Å²) in [5.74, 6) is -0.0365. The van der Waals surface area contributed by atoms with E-state index in [4.69, 9.17) is 25.8 Å². The first kappa shape index (κ1) is 29.8. The van der Waals surface area contributed by atoms with Crippen molar-refractivity contribution >= 4 is 50.9 Å². The van der Waals surface area contributed by atoms with Crippen LogP contribution in [0.25, 0.3) is 6.08 Å². The summed E-state index contributed by atoms with van der Waals surface area (Å²) in [5, 5.41) is 0.616. The van der Waals surface area contributed by atoms with Crippen LogP contribution in [0.3, 0.4) is 0 Å². The van der Waals surface area contributed by atoms with E-state index in [1.165, 1.54) is 35.1 Å². The molecule has 1 aliphatic rings. The Morgan fingerprint density at radius 3 is 2.64 bits per heavy atom. The van der Waals surface area contributed by atoms with Crippen LogP contribution in [0.15, 0.2) is 86.2 Å². The molecule has 0 aliphatic carbocycles. The van der Waals surface area contributed by atoms with Gasteiger partial charge in [0.2, 0.25) is 0 Å². The van der Waals surface area contributed by atoms with Crippen LogP contribution in [-0.2, 0) is 16.1 Å². The van der Waals surface area contributed by atoms with Gasteiger partial charge < -0.3 is 14.2 Å². The monoisotopic (exact) mass is 670 g/mol. The van der Waals surface area contributed by atoms with Gasteiger partial charge in [-0.25, -0.2) is 14.2 Å². The van der Waals surface area contributed by atoms with Gasteiger partial charge in [-0.1, -0.05) is 47.2 Å². The van der Waals surface area contributed by atoms with Crippen LogP contribution in [0.1, 0.15) is 36.6 Å². The average Bonchev–Trinajstić information content (AvgIpc) is 3.26. The van der Waals surface area contributed by atoms with E-state index in [-0.39, 0.29) is 24.3 Å². The lowest BCUT2D eigenvalue weighted by Crippen LogP contribution is -2.39. The highest BCUT2D eigenvalue weighted by Crippen LogP contribution is 2.37. The molecule has 0 bridgehead atoms. The maximum atomic E-state index is 13.8. The van der Waals surface area contributed by atoms with Crippen molar-refractivity contribution in [3.63, 3.8) is 0 Å². The smallest absolute Gasteiger partial charge is 0.338 e. The molecule has 7 nitrogen and oxygen atoms in total. The fourth-order valence-electron chi connectivity index (χ4n) is 4.65. The van der Waals surface area contributed by atoms with Crippen molar-refractivity contribution in [3.05, 3.63) is 124 Å². The van der Waals surface area contributed by atoms with Crippen molar-refractivity contribution in [2.24, 2.45) is 4.99 Å². The van der Waals surface area contributed by atoms with Crippen molar-refractivity contribution in [2.75, 3.05) is 13.7 Å². The van der Waals surface area contributed by atoms with Gasteiger partial charge in [-0.2, -0.15) is 0 Å². The third-order valence-electron chi connectivity index (χ3n) is 6.52. The Kier molecular flexibility index (Phi) is 8.96. The number of aromatic nitrogens is 1. The number of carbonyl (C=O) groups excluding carboxylic acids is 1. The van der Waals surface area contributed by atoms with E-state index in [2.05, 4.69) is 20.9 Å². The van der Waals surface area contributed by atoms with Gasteiger partial charge in [-0.15, -0.1) is 0 Å². The number of carbonyl (C=O) groups is 1. The Bertz CT molecular complexity index is 1880. The van der Waals surface area contributed by atoms with Crippen LogP contribution in [-0.4, -0.2) is 24.3 Å². The van der Waals surface area contributed by atoms with Crippen LogP contribution in [0.4, 0.5) is 4.39 Å². The van der Waals surface area contributed by atoms with Crippen LogP contribution in [0.5, 0.6) is 11.5 Å². The molecule has 1 atom stereocenters. The third kappa shape index (κ3) is 6.06. The number of rotatable bonds is 8. The molecular formula is C31H25BrClFN2O5S. The minimum atomic E-state index is -0.827. The molecule has 216 valence electrons. The summed E-state index contributed by atoms with van der Waals surface area (Å²) in [6.45, 7) is 3.84. The number of allylic oxidation sites excluding steroid dienone is 1. The van der Waals surface area contributed by atoms with Crippen LogP contribution >= 0.6 is 38.9 Å². The SMILES string of the molecule is CCOC(=O)C1=C(C)N=c2s/c(=C\c3cc(Br)c(OCc4cccc(Cl)c4)c(OC)c3)c(=O)n2[C@H]1c1ccc(F)cc1. The van der Waals surface area contributed by atoms with Gasteiger partial charge in [0, 0.05) is 5.02 Å². The second-order valence-corrected chi connectivity index (χ2v) is 11.6. The first-order valence-corrected chi connectivity index (χ1v) is 14.9. The lowest BCUT2D eigenvalue weighted by atomic mass is 9.96. The molecule has 1 aromatic heterocycles. The summed E-state index contributed by atoms with van der Waals surface area (Å²) < 4.78 is 33.2. The number of benzene rings is 3. The van der Waals surface area contributed by atoms with Gasteiger partial charge in [0.15, 0.2) is 16.3 Å². The summed E-state index contributed by atoms with van der Waals surface area (Å²) in [6.07, 6.45) is 1.73. The molecule has 0 unspecified atom stereocenters. The van der Waals surface area contributed by atoms with Gasteiger partial charge in [0.1, 0.15) is 12.4 Å². The molecule has 4 aromatic rings. The highest BCUT2D eigenvalue weighted by atomic mass is 79.9. The number of esters is 1. The Labute approximate surface area is 258 Å². The molecule has 11 heteroatoms. The minimum absolute atomic E-state index is 0.158. The number of thiazole rings is 1. The molecule has 0 fully saturated rings. The molecule has 0 N–H and O–H groups in total. The third-order valence-corrected chi connectivity index (χ3v) is 8.33. The van der Waals surface area contributed by atoms with E-state index in [0.29, 0.717) is 47.2 Å². The number of hydrogen-bond donors (Lipinski definition) is 0. The normalized spacial score (nSPS) is 14.8. The van der Waals surface area contributed by atoms with E-state index in [1.54, 1.807) is 44.2 Å². The fourth-order valence-corrected chi connectivity index (χ4v) is 6.48. The number of methoxy groups -OCH3 is 1. The van der Waals surface area contributed by atoms with Gasteiger partial charge in [0.05, 0.1) is 40.0 Å². The number of nitrogens with zero attached hydrogens (tertiary/aromatic N) is 2. The zero-order valence-corrected chi connectivity index (χ0v) is 26.0. The predicted octanol–water partition coefficient (Wildman–Crippen LogP) is 5.94. The Hall–Kier alpha value is -3.73. The Morgan fingerprint density at radius 1 is 1.19 bits per heavy atom. The zero-order valence-electron chi connectivity index (χ0n) is 22.8. The number of hydrogen-bond acceptors (Lipinski definition) is 7. The molecule has 0 spiro atoms. The lowest BCUT2D eigenvalue weighted by molar-refractivity contribution is -0.139. The van der Waals surface area contributed by atoms with Crippen LogP contribution in [0, 0.1) is 5.82 Å². The molecular weight excluding hydrogens is 647 g/mol. The highest BCUT2D eigenvalue weighted by molar-refractivity contribution is 9.10. The second kappa shape index (κ2) is 12.6. The largest absolute Gasteiger partial charge is 0.493 e. The summed E-state index contributed by atoms with van der Waals surface area (Å²) in [4.78, 5) is 31.8. The molecule has 1 aliphatic heterocycles. The van der Waals surface area contributed by atoms with Crippen molar-refractivity contribution in [2.45, 2.75) is 26.5 Å². The Balaban J connectivity index is 1.57. The topological polar surface area (TPSA) is 79.1 Å². The molecule has 2 heterocycles. The maximum Gasteiger partial charge on any atom is 0.338 e. The molecule has 42 heavy (non-hydrogen) atoms. The van der Waals surface area contributed by atoms with Crippen LogP contribution in [0.2, 0.25) is 5.02 Å². The molecule has 3 aromatic carbocycles. The molecule has 0 saturated heterocycles. The second-order valence-electron chi connectivity index (χ2n) is 9.31. The Morgan fingerprint density at radius 2 is 1.95 bits per heavy atom. The highest BCUT2D eigenvalue weighted by Gasteiger charge is 2.33. The van der Waals surface area contributed by atoms with E-state index >= 15 is 0 Å². The molecule has 5 rings (SSSR count). The maximum absolute atomic E-state index is 13.8. The van der Waals surface area contributed by atoms with Crippen molar-refractivity contribution in [3.8, 4) is 11.5 Å². The average molecular weight is 672 g/mol. The van der Waals surface area contributed by atoms with Crippen LogP contribution < -0.4 is 24.4 Å². The number of fused-ring (bicyclic) bond motifs is 1. The summed E-state index contributed by atoms with van der Waals surface area (Å²) in [6, 6.07) is 15.8. The summed E-state index contributed by atoms with van der Waals surface area (Å²) in [7, 11) is 1.54. The van der Waals surface area contributed by atoms with Crippen molar-refractivity contribution < 1.29 is 23.4 Å². The summed E-state index contributed by atoms with van der Waals surface area (Å²) in [5.41, 5.74) is 2.45. The van der Waals surface area contributed by atoms with Gasteiger partial charge in [-0.05, 0) is 88.9 Å². The fraction of sp³-hybridized carbons (Fsp3) is 0.194. The van der Waals surface area contributed by atoms with Gasteiger partial charge in [-0.3, -0.25) is 9.36 Å². The lowest BCUT2D eigenvalue weighted by Gasteiger charge is -2.24. The van der Waals surface area contributed by atoms with Crippen molar-refractivity contribution in [1.82, 2.24) is 4.57 Å². The first-order valence-electron chi connectivity index (χ1n) is 12.9. The quantitative estimate of drug-likeness (QED) is 0.217. The van der Waals surface area contributed by atoms with E-state index in [1.807, 2.05) is 24.3 Å². The standard InChI is InChI=1S/C31H25BrClFN2O5S/c1-4-40-30(38)26-17(2)35-31-36(27(26)20-8-10-22(34)11-9-20)29(37)25(42-31)15-19-13-23(32)28(24(14-19)39-3)41-16-18-6-5-7-21(33)12-18/h5-15,27H,4,16H2,1-3H3/b25-15-/t27-/m0/s1. The summed E-state index contributed by atoms with van der Waals surface area (Å²) >= 11 is 10.9. The first-order chi connectivity index (χ1) is 20.2. The zero-order chi connectivity index (χ0) is 30.0. The predicted molar refractivity (Wildman–Crippen MR) is 163 cm³/mol. The van der Waals surface area contributed by atoms with Gasteiger partial charge in [0.25, 0.3) is 5.56 Å².